The predicted octanol–water partition coefficient (Wildman–Crippen LogP) is 12.5. The van der Waals surface area contributed by atoms with Crippen LogP contribution in [0.2, 0.25) is 0 Å². The van der Waals surface area contributed by atoms with Crippen LogP contribution in [0.25, 0.3) is 0 Å². The fourth-order valence-corrected chi connectivity index (χ4v) is 6.92. The number of phosphoric acid groups is 1. The summed E-state index contributed by atoms with van der Waals surface area (Å²) in [6, 6.07) is -1.47. The minimum Gasteiger partial charge on any atom is -0.480 e. The number of rotatable bonds is 43. The first kappa shape index (κ1) is 54.2. The second-order valence-electron chi connectivity index (χ2n) is 15.2. The maximum absolute atomic E-state index is 12.6. The van der Waals surface area contributed by atoms with E-state index in [4.69, 9.17) is 29.4 Å². The Morgan fingerprint density at radius 1 is 0.571 bits per heavy atom. The molecule has 0 aliphatic rings. The van der Waals surface area contributed by atoms with Crippen molar-refractivity contribution in [3.8, 4) is 0 Å². The zero-order valence-electron chi connectivity index (χ0n) is 35.7. The number of carboxylic acid groups (broad SMARTS) is 1. The molecule has 0 rings (SSSR count). The zero-order valence-corrected chi connectivity index (χ0v) is 36.6. The van der Waals surface area contributed by atoms with E-state index in [2.05, 4.69) is 50.3 Å². The minimum atomic E-state index is -4.62. The Labute approximate surface area is 342 Å². The maximum atomic E-state index is 12.6. The van der Waals surface area contributed by atoms with Crippen molar-refractivity contribution >= 4 is 19.8 Å². The van der Waals surface area contributed by atoms with Gasteiger partial charge in [-0.2, -0.15) is 0 Å². The average Bonchev–Trinajstić information content (AvgIpc) is 3.18. The number of esters is 1. The van der Waals surface area contributed by atoms with E-state index in [0.717, 1.165) is 51.4 Å². The molecule has 3 unspecified atom stereocenters. The van der Waals surface area contributed by atoms with Gasteiger partial charge in [0.05, 0.1) is 19.8 Å². The quantitative estimate of drug-likeness (QED) is 0.0234. The van der Waals surface area contributed by atoms with Crippen molar-refractivity contribution in [2.75, 3.05) is 26.4 Å². The molecule has 11 heteroatoms. The summed E-state index contributed by atoms with van der Waals surface area (Å²) in [5.74, 6) is -1.78. The third-order valence-electron chi connectivity index (χ3n) is 9.67. The van der Waals surface area contributed by atoms with E-state index in [1.165, 1.54) is 122 Å². The van der Waals surface area contributed by atoms with E-state index in [1.807, 2.05) is 0 Å². The number of hydrogen-bond acceptors (Lipinski definition) is 8. The number of allylic oxidation sites excluding steroid dienone is 6. The van der Waals surface area contributed by atoms with Crippen molar-refractivity contribution in [2.24, 2.45) is 5.73 Å². The van der Waals surface area contributed by atoms with E-state index >= 15 is 0 Å². The molecule has 0 amide bonds. The first-order valence-electron chi connectivity index (χ1n) is 22.5. The van der Waals surface area contributed by atoms with Gasteiger partial charge in [0.25, 0.3) is 0 Å². The van der Waals surface area contributed by atoms with Crippen LogP contribution in [0.4, 0.5) is 0 Å². The molecular weight excluding hydrogens is 729 g/mol. The second-order valence-corrected chi connectivity index (χ2v) is 16.6. The average molecular weight is 814 g/mol. The largest absolute Gasteiger partial charge is 0.480 e. The molecule has 0 bridgehead atoms. The van der Waals surface area contributed by atoms with Gasteiger partial charge in [-0.25, -0.2) is 4.57 Å². The highest BCUT2D eigenvalue weighted by Gasteiger charge is 2.27. The molecule has 0 saturated heterocycles. The molecule has 56 heavy (non-hydrogen) atoms. The van der Waals surface area contributed by atoms with Crippen LogP contribution in [0.5, 0.6) is 0 Å². The van der Waals surface area contributed by atoms with Gasteiger partial charge in [-0.15, -0.1) is 0 Å². The van der Waals surface area contributed by atoms with Crippen LogP contribution in [0.15, 0.2) is 36.5 Å². The summed E-state index contributed by atoms with van der Waals surface area (Å²) >= 11 is 0. The van der Waals surface area contributed by atoms with Crippen LogP contribution in [0, 0.1) is 0 Å². The molecular formula is C45H84NO9P. The molecule has 10 nitrogen and oxygen atoms in total. The van der Waals surface area contributed by atoms with Crippen LogP contribution < -0.4 is 5.73 Å². The van der Waals surface area contributed by atoms with Gasteiger partial charge in [0.1, 0.15) is 12.1 Å². The smallest absolute Gasteiger partial charge is 0.472 e. The number of phosphoric ester groups is 1. The van der Waals surface area contributed by atoms with Crippen molar-refractivity contribution in [3.05, 3.63) is 36.5 Å². The number of unbranched alkanes of at least 4 members (excludes halogenated alkanes) is 23. The van der Waals surface area contributed by atoms with Crippen molar-refractivity contribution in [2.45, 2.75) is 212 Å². The molecule has 0 radical (unpaired) electrons. The standard InChI is InChI=1S/C45H84NO9P/c1-3-5-7-9-11-13-15-17-18-19-20-21-22-23-24-25-26-28-30-32-34-36-38-52-39-42(40-53-56(50,51)54-41-43(46)45(48)49)55-44(47)37-35-33-31-29-27-16-14-12-10-8-6-4-2/h15,17,19-20,22-23,42-43H,3-14,16,18,21,24-41,46H2,1-2H3,(H,48,49)(H,50,51)/b17-15-,20-19-,23-22-. The molecule has 0 spiro atoms. The van der Waals surface area contributed by atoms with E-state index in [9.17, 15) is 19.0 Å². The van der Waals surface area contributed by atoms with Crippen molar-refractivity contribution < 1.29 is 42.7 Å². The molecule has 0 aliphatic heterocycles. The molecule has 4 N–H and O–H groups in total. The van der Waals surface area contributed by atoms with Gasteiger partial charge in [-0.1, -0.05) is 179 Å². The second kappa shape index (κ2) is 41.4. The normalized spacial score (nSPS) is 14.2. The first-order valence-corrected chi connectivity index (χ1v) is 24.0. The number of carboxylic acids is 1. The third kappa shape index (κ3) is 40.4. The summed E-state index contributed by atoms with van der Waals surface area (Å²) in [6.45, 7) is 3.85. The summed E-state index contributed by atoms with van der Waals surface area (Å²) in [5, 5.41) is 8.89. The lowest BCUT2D eigenvalue weighted by Gasteiger charge is -2.20. The highest BCUT2D eigenvalue weighted by atomic mass is 31.2. The van der Waals surface area contributed by atoms with Crippen molar-refractivity contribution in [3.63, 3.8) is 0 Å². The molecule has 0 aromatic carbocycles. The van der Waals surface area contributed by atoms with E-state index in [1.54, 1.807) is 0 Å². The number of ether oxygens (including phenoxy) is 2. The summed E-state index contributed by atoms with van der Waals surface area (Å²) in [4.78, 5) is 33.5. The van der Waals surface area contributed by atoms with Gasteiger partial charge in [0, 0.05) is 13.0 Å². The lowest BCUT2D eigenvalue weighted by Crippen LogP contribution is -2.34. The zero-order chi connectivity index (χ0) is 41.2. The third-order valence-corrected chi connectivity index (χ3v) is 10.6. The molecule has 0 aromatic rings. The lowest BCUT2D eigenvalue weighted by molar-refractivity contribution is -0.154. The van der Waals surface area contributed by atoms with E-state index in [-0.39, 0.29) is 13.0 Å². The van der Waals surface area contributed by atoms with Gasteiger partial charge in [-0.3, -0.25) is 18.6 Å². The summed E-state index contributed by atoms with van der Waals surface area (Å²) in [6.07, 6.45) is 46.2. The molecule has 328 valence electrons. The summed E-state index contributed by atoms with van der Waals surface area (Å²) in [5.41, 5.74) is 5.35. The lowest BCUT2D eigenvalue weighted by atomic mass is 10.0. The SMILES string of the molecule is CCCCCCC/C=C\C/C=C\C/C=C\CCCCCCCCCOCC(COP(=O)(O)OCC(N)C(=O)O)OC(=O)CCCCCCCCCCCCCC. The van der Waals surface area contributed by atoms with Gasteiger partial charge in [-0.05, 0) is 51.4 Å². The maximum Gasteiger partial charge on any atom is 0.472 e. The fraction of sp³-hybridized carbons (Fsp3) is 0.822. The van der Waals surface area contributed by atoms with E-state index in [0.29, 0.717) is 13.0 Å². The van der Waals surface area contributed by atoms with Gasteiger partial charge in [0.15, 0.2) is 0 Å². The Kier molecular flexibility index (Phi) is 40.0. The predicted molar refractivity (Wildman–Crippen MR) is 231 cm³/mol. The molecule has 0 fully saturated rings. The Morgan fingerprint density at radius 3 is 1.46 bits per heavy atom. The Balaban J connectivity index is 4.18. The number of hydrogen-bond donors (Lipinski definition) is 3. The highest BCUT2D eigenvalue weighted by molar-refractivity contribution is 7.47. The molecule has 0 saturated carbocycles. The monoisotopic (exact) mass is 814 g/mol. The van der Waals surface area contributed by atoms with Crippen molar-refractivity contribution in [1.29, 1.82) is 0 Å². The summed E-state index contributed by atoms with van der Waals surface area (Å²) in [7, 11) is -4.62. The number of carbonyl (C=O) groups is 2. The highest BCUT2D eigenvalue weighted by Crippen LogP contribution is 2.43. The fourth-order valence-electron chi connectivity index (χ4n) is 6.14. The number of aliphatic carboxylic acids is 1. The molecule has 0 heterocycles. The molecule has 3 atom stereocenters. The Hall–Kier alpha value is -1.81. The van der Waals surface area contributed by atoms with Gasteiger partial charge in [0.2, 0.25) is 0 Å². The summed E-state index contributed by atoms with van der Waals surface area (Å²) < 4.78 is 33.3. The van der Waals surface area contributed by atoms with Crippen LogP contribution in [0.1, 0.15) is 200 Å². The van der Waals surface area contributed by atoms with Gasteiger partial charge >= 0.3 is 19.8 Å². The molecule has 0 aliphatic carbocycles. The van der Waals surface area contributed by atoms with E-state index < -0.39 is 45.1 Å². The molecule has 0 aromatic heterocycles. The van der Waals surface area contributed by atoms with Crippen LogP contribution >= 0.6 is 7.82 Å². The van der Waals surface area contributed by atoms with Crippen molar-refractivity contribution in [1.82, 2.24) is 0 Å². The Morgan fingerprint density at radius 2 is 0.982 bits per heavy atom. The Bertz CT molecular complexity index is 1040. The number of nitrogens with two attached hydrogens (primary N) is 1. The van der Waals surface area contributed by atoms with Crippen LogP contribution in [-0.4, -0.2) is 60.5 Å². The first-order chi connectivity index (χ1) is 27.2. The van der Waals surface area contributed by atoms with Crippen LogP contribution in [-0.2, 0) is 32.7 Å². The number of carbonyl (C=O) groups excluding carboxylic acids is 1. The van der Waals surface area contributed by atoms with Crippen LogP contribution in [0.3, 0.4) is 0 Å². The van der Waals surface area contributed by atoms with Gasteiger partial charge < -0.3 is 25.2 Å². The minimum absolute atomic E-state index is 0.0123. The topological polar surface area (TPSA) is 155 Å².